The molecule has 0 aromatic carbocycles. The van der Waals surface area contributed by atoms with Gasteiger partial charge < -0.3 is 19.4 Å². The van der Waals surface area contributed by atoms with Crippen molar-refractivity contribution in [3.05, 3.63) is 0 Å². The van der Waals surface area contributed by atoms with E-state index in [4.69, 9.17) is 13.8 Å². The Bertz CT molecular complexity index is 391. The van der Waals surface area contributed by atoms with E-state index < -0.39 is 7.82 Å². The Morgan fingerprint density at radius 1 is 1.00 bits per heavy atom. The molecule has 0 rings (SSSR count). The molecule has 2 N–H and O–H groups in total. The van der Waals surface area contributed by atoms with Crippen LogP contribution in [-0.4, -0.2) is 76.1 Å². The minimum absolute atomic E-state index is 0.0377. The summed E-state index contributed by atoms with van der Waals surface area (Å²) in [7, 11) is 1.95. The highest BCUT2D eigenvalue weighted by molar-refractivity contribution is 7.47. The molecule has 8 heteroatoms. The lowest BCUT2D eigenvalue weighted by atomic mass is 10.1. The third-order valence-corrected chi connectivity index (χ3v) is 5.16. The van der Waals surface area contributed by atoms with Crippen molar-refractivity contribution in [2.24, 2.45) is 0 Å². The van der Waals surface area contributed by atoms with Crippen LogP contribution < -0.4 is 5.32 Å². The first-order valence-corrected chi connectivity index (χ1v) is 11.9. The predicted molar refractivity (Wildman–Crippen MR) is 111 cm³/mol. The molecule has 7 nitrogen and oxygen atoms in total. The molecular weight excluding hydrogens is 367 g/mol. The molecule has 0 bridgehead atoms. The number of hydrogen-bond donors (Lipinski definition) is 2. The fraction of sp³-hybridized carbons (Fsp3) is 1.00. The normalized spacial score (nSPS) is 15.6. The SMILES string of the molecule is CCCCCCCCCNCC(COP(=O)(O)OCC[N+](C)(C)C)OCC. The highest BCUT2D eigenvalue weighted by Gasteiger charge is 2.24. The van der Waals surface area contributed by atoms with Crippen molar-refractivity contribution in [3.8, 4) is 0 Å². The summed E-state index contributed by atoms with van der Waals surface area (Å²) in [5.41, 5.74) is 0. The lowest BCUT2D eigenvalue weighted by Crippen LogP contribution is -2.37. The van der Waals surface area contributed by atoms with E-state index in [1.807, 2.05) is 28.1 Å². The van der Waals surface area contributed by atoms with Crippen LogP contribution in [0.2, 0.25) is 0 Å². The topological polar surface area (TPSA) is 77.0 Å². The van der Waals surface area contributed by atoms with Gasteiger partial charge >= 0.3 is 7.82 Å². The maximum Gasteiger partial charge on any atom is 0.472 e. The number of nitrogens with zero attached hydrogens (tertiary/aromatic N) is 1. The summed E-state index contributed by atoms with van der Waals surface area (Å²) in [5, 5.41) is 3.35. The Morgan fingerprint density at radius 3 is 2.22 bits per heavy atom. The molecule has 0 aliphatic carbocycles. The number of hydrogen-bond acceptors (Lipinski definition) is 5. The standard InChI is InChI=1S/C19H43N2O5P/c1-6-8-9-10-11-12-13-14-20-17-19(24-7-2)18-26-27(22,23)25-16-15-21(3,4)5/h19-20H,6-18H2,1-5H3/p+1. The third kappa shape index (κ3) is 19.1. The van der Waals surface area contributed by atoms with Crippen molar-refractivity contribution in [3.63, 3.8) is 0 Å². The van der Waals surface area contributed by atoms with Crippen LogP contribution in [0.25, 0.3) is 0 Å². The van der Waals surface area contributed by atoms with Gasteiger partial charge in [-0.1, -0.05) is 45.4 Å². The fourth-order valence-corrected chi connectivity index (χ4v) is 3.26. The second-order valence-electron chi connectivity index (χ2n) is 8.01. The molecule has 2 atom stereocenters. The van der Waals surface area contributed by atoms with Crippen LogP contribution in [-0.2, 0) is 18.3 Å². The van der Waals surface area contributed by atoms with Crippen LogP contribution in [0.15, 0.2) is 0 Å². The number of likely N-dealkylation sites (N-methyl/N-ethyl adjacent to an activating group) is 1. The first-order valence-electron chi connectivity index (χ1n) is 10.4. The third-order valence-electron chi connectivity index (χ3n) is 4.17. The predicted octanol–water partition coefficient (Wildman–Crippen LogP) is 3.57. The van der Waals surface area contributed by atoms with Crippen molar-refractivity contribution in [2.45, 2.75) is 64.9 Å². The second-order valence-corrected chi connectivity index (χ2v) is 9.47. The molecule has 27 heavy (non-hydrogen) atoms. The van der Waals surface area contributed by atoms with E-state index in [9.17, 15) is 9.46 Å². The van der Waals surface area contributed by atoms with Crippen molar-refractivity contribution < 1.29 is 27.7 Å². The van der Waals surface area contributed by atoms with Gasteiger partial charge in [0.25, 0.3) is 0 Å². The van der Waals surface area contributed by atoms with Crippen molar-refractivity contribution in [2.75, 3.05) is 60.6 Å². The van der Waals surface area contributed by atoms with Gasteiger partial charge in [0.1, 0.15) is 13.2 Å². The highest BCUT2D eigenvalue weighted by Crippen LogP contribution is 2.43. The summed E-state index contributed by atoms with van der Waals surface area (Å²) >= 11 is 0. The molecular formula is C19H44N2O5P+. The number of nitrogens with one attached hydrogen (secondary N) is 1. The molecule has 0 spiro atoms. The van der Waals surface area contributed by atoms with E-state index in [0.717, 1.165) is 13.0 Å². The quantitative estimate of drug-likeness (QED) is 0.192. The molecule has 0 radical (unpaired) electrons. The van der Waals surface area contributed by atoms with E-state index in [-0.39, 0.29) is 19.3 Å². The Morgan fingerprint density at radius 2 is 1.63 bits per heavy atom. The number of rotatable bonds is 19. The molecule has 0 heterocycles. The molecule has 2 unspecified atom stereocenters. The molecule has 0 saturated carbocycles. The Balaban J connectivity index is 3.90. The van der Waals surface area contributed by atoms with Crippen LogP contribution >= 0.6 is 7.82 Å². The fourth-order valence-electron chi connectivity index (χ4n) is 2.52. The van der Waals surface area contributed by atoms with Gasteiger partial charge in [-0.25, -0.2) is 4.57 Å². The lowest BCUT2D eigenvalue weighted by Gasteiger charge is -2.24. The number of quaternary nitrogens is 1. The second kappa shape index (κ2) is 15.9. The lowest BCUT2D eigenvalue weighted by molar-refractivity contribution is -0.870. The van der Waals surface area contributed by atoms with E-state index in [2.05, 4.69) is 12.2 Å². The van der Waals surface area contributed by atoms with Crippen LogP contribution in [0.3, 0.4) is 0 Å². The van der Waals surface area contributed by atoms with Gasteiger partial charge in [-0.15, -0.1) is 0 Å². The summed E-state index contributed by atoms with van der Waals surface area (Å²) in [6.07, 6.45) is 8.68. The van der Waals surface area contributed by atoms with Gasteiger partial charge in [-0.2, -0.15) is 0 Å². The Hall–Kier alpha value is -0.0100. The van der Waals surface area contributed by atoms with E-state index in [1.54, 1.807) is 0 Å². The zero-order chi connectivity index (χ0) is 20.6. The number of phosphoric ester groups is 1. The van der Waals surface area contributed by atoms with E-state index in [0.29, 0.717) is 24.2 Å². The Kier molecular flexibility index (Phi) is 15.9. The summed E-state index contributed by atoms with van der Waals surface area (Å²) in [4.78, 5) is 9.79. The minimum atomic E-state index is -4.04. The largest absolute Gasteiger partial charge is 0.472 e. The molecule has 0 aromatic rings. The van der Waals surface area contributed by atoms with Crippen LogP contribution in [0.4, 0.5) is 0 Å². The smallest absolute Gasteiger partial charge is 0.375 e. The van der Waals surface area contributed by atoms with Crippen LogP contribution in [0.1, 0.15) is 58.8 Å². The zero-order valence-electron chi connectivity index (χ0n) is 18.2. The van der Waals surface area contributed by atoms with Crippen molar-refractivity contribution in [1.29, 1.82) is 0 Å². The molecule has 0 aliphatic rings. The molecule has 0 aromatic heterocycles. The average Bonchev–Trinajstić information content (AvgIpc) is 2.56. The summed E-state index contributed by atoms with van der Waals surface area (Å²) < 4.78 is 28.3. The molecule has 0 fully saturated rings. The van der Waals surface area contributed by atoms with Gasteiger partial charge in [0, 0.05) is 13.2 Å². The van der Waals surface area contributed by atoms with Gasteiger partial charge in [0.2, 0.25) is 0 Å². The maximum atomic E-state index is 12.0. The van der Waals surface area contributed by atoms with Gasteiger partial charge in [0.05, 0.1) is 33.9 Å². The highest BCUT2D eigenvalue weighted by atomic mass is 31.2. The van der Waals surface area contributed by atoms with E-state index >= 15 is 0 Å². The zero-order valence-corrected chi connectivity index (χ0v) is 19.1. The molecule has 0 amide bonds. The summed E-state index contributed by atoms with van der Waals surface area (Å²) in [5.74, 6) is 0. The summed E-state index contributed by atoms with van der Waals surface area (Å²) in [6, 6.07) is 0. The van der Waals surface area contributed by atoms with Crippen LogP contribution in [0, 0.1) is 0 Å². The van der Waals surface area contributed by atoms with Crippen molar-refractivity contribution in [1.82, 2.24) is 5.32 Å². The monoisotopic (exact) mass is 411 g/mol. The Labute approximate surface area is 167 Å². The minimum Gasteiger partial charge on any atom is -0.375 e. The first kappa shape index (κ1) is 27.0. The van der Waals surface area contributed by atoms with Crippen molar-refractivity contribution >= 4 is 7.82 Å². The van der Waals surface area contributed by atoms with Gasteiger partial charge in [-0.3, -0.25) is 9.05 Å². The first-order chi connectivity index (χ1) is 12.7. The number of ether oxygens (including phenoxy) is 1. The van der Waals surface area contributed by atoms with Crippen LogP contribution in [0.5, 0.6) is 0 Å². The average molecular weight is 412 g/mol. The molecule has 0 saturated heterocycles. The molecule has 164 valence electrons. The maximum absolute atomic E-state index is 12.0. The number of unbranched alkanes of at least 4 members (excludes halogenated alkanes) is 6. The number of phosphoric acid groups is 1. The van der Waals surface area contributed by atoms with Gasteiger partial charge in [-0.05, 0) is 19.9 Å². The van der Waals surface area contributed by atoms with Gasteiger partial charge in [0.15, 0.2) is 0 Å². The van der Waals surface area contributed by atoms with E-state index in [1.165, 1.54) is 38.5 Å². The summed E-state index contributed by atoms with van der Waals surface area (Å²) in [6.45, 7) is 7.03. The molecule has 0 aliphatic heterocycles.